The number of morpholine rings is 1. The first kappa shape index (κ1) is 18.6. The average molecular weight is 385 g/mol. The lowest BCUT2D eigenvalue weighted by molar-refractivity contribution is 0.0746. The maximum Gasteiger partial charge on any atom is 0.254 e. The van der Waals surface area contributed by atoms with Crippen LogP contribution in [0.2, 0.25) is 0 Å². The average Bonchev–Trinajstić information content (AvgIpc) is 2.76. The molecule has 7 nitrogen and oxygen atoms in total. The molecule has 2 saturated heterocycles. The Balaban J connectivity index is 1.40. The second-order valence-electron chi connectivity index (χ2n) is 7.11. The zero-order chi connectivity index (χ0) is 19.5. The Morgan fingerprint density at radius 1 is 1.04 bits per heavy atom. The van der Waals surface area contributed by atoms with Gasteiger partial charge in [-0.3, -0.25) is 4.79 Å². The summed E-state index contributed by atoms with van der Waals surface area (Å²) in [5, 5.41) is 8.43. The molecule has 3 heterocycles. The van der Waals surface area contributed by atoms with Crippen molar-refractivity contribution < 1.29 is 13.9 Å². The fraction of sp³-hybridized carbons (Fsp3) is 0.450. The van der Waals surface area contributed by atoms with Crippen LogP contribution in [-0.4, -0.2) is 73.5 Å². The summed E-state index contributed by atoms with van der Waals surface area (Å²) in [6.07, 6.45) is 1.78. The number of amides is 1. The highest BCUT2D eigenvalue weighted by Crippen LogP contribution is 2.21. The predicted octanol–water partition coefficient (Wildman–Crippen LogP) is 1.72. The largest absolute Gasteiger partial charge is 0.378 e. The minimum atomic E-state index is -0.348. The first-order valence-corrected chi connectivity index (χ1v) is 9.57. The third-order valence-corrected chi connectivity index (χ3v) is 5.31. The van der Waals surface area contributed by atoms with E-state index >= 15 is 0 Å². The predicted molar refractivity (Wildman–Crippen MR) is 104 cm³/mol. The van der Waals surface area contributed by atoms with Gasteiger partial charge in [-0.25, -0.2) is 4.39 Å². The fourth-order valence-corrected chi connectivity index (χ4v) is 3.54. The molecule has 0 saturated carbocycles. The Bertz CT molecular complexity index is 848. The molecule has 8 heteroatoms. The summed E-state index contributed by atoms with van der Waals surface area (Å²) >= 11 is 0. The van der Waals surface area contributed by atoms with Crippen LogP contribution < -0.4 is 9.80 Å². The highest BCUT2D eigenvalue weighted by atomic mass is 19.1. The lowest BCUT2D eigenvalue weighted by Gasteiger charge is -2.36. The first-order chi connectivity index (χ1) is 13.6. The van der Waals surface area contributed by atoms with E-state index in [9.17, 15) is 9.18 Å². The van der Waals surface area contributed by atoms with Gasteiger partial charge < -0.3 is 19.4 Å². The second-order valence-corrected chi connectivity index (χ2v) is 7.11. The van der Waals surface area contributed by atoms with Crippen molar-refractivity contribution in [1.82, 2.24) is 15.1 Å². The topological polar surface area (TPSA) is 61.8 Å². The van der Waals surface area contributed by atoms with Crippen molar-refractivity contribution in [3.8, 4) is 0 Å². The van der Waals surface area contributed by atoms with Crippen molar-refractivity contribution in [2.24, 2.45) is 0 Å². The summed E-state index contributed by atoms with van der Waals surface area (Å²) in [4.78, 5) is 18.8. The molecule has 2 fully saturated rings. The number of benzene rings is 1. The molecule has 4 rings (SSSR count). The molecule has 2 aliphatic rings. The molecule has 28 heavy (non-hydrogen) atoms. The fourth-order valence-electron chi connectivity index (χ4n) is 3.54. The maximum absolute atomic E-state index is 13.8. The van der Waals surface area contributed by atoms with Crippen LogP contribution in [0.3, 0.4) is 0 Å². The van der Waals surface area contributed by atoms with Crippen molar-refractivity contribution in [3.05, 3.63) is 47.4 Å². The number of piperazine rings is 1. The molecule has 1 aromatic heterocycles. The number of hydrogen-bond acceptors (Lipinski definition) is 6. The zero-order valence-corrected chi connectivity index (χ0v) is 16.0. The number of ether oxygens (including phenoxy) is 1. The molecule has 0 radical (unpaired) electrons. The molecule has 0 bridgehead atoms. The molecule has 0 atom stereocenters. The first-order valence-electron chi connectivity index (χ1n) is 9.57. The lowest BCUT2D eigenvalue weighted by atomic mass is 10.1. The van der Waals surface area contributed by atoms with Gasteiger partial charge in [0, 0.05) is 50.9 Å². The molecular formula is C20H24FN5O2. The molecule has 1 aromatic carbocycles. The standard InChI is InChI=1S/C20H24FN5O2/c1-15-2-3-16(12-18(15)21)20(27)26-6-4-25(5-7-26)19-13-17(14-22-23-19)24-8-10-28-11-9-24/h2-3,12-14H,4-11H2,1H3. The van der Waals surface area contributed by atoms with Crippen molar-refractivity contribution >= 4 is 17.4 Å². The summed E-state index contributed by atoms with van der Waals surface area (Å²) in [7, 11) is 0. The van der Waals surface area contributed by atoms with Crippen LogP contribution in [0, 0.1) is 12.7 Å². The van der Waals surface area contributed by atoms with Crippen molar-refractivity contribution in [3.63, 3.8) is 0 Å². The number of aromatic nitrogens is 2. The Kier molecular flexibility index (Phi) is 5.38. The Morgan fingerprint density at radius 2 is 1.79 bits per heavy atom. The highest BCUT2D eigenvalue weighted by Gasteiger charge is 2.24. The van der Waals surface area contributed by atoms with Crippen molar-refractivity contribution in [1.29, 1.82) is 0 Å². The molecule has 148 valence electrons. The van der Waals surface area contributed by atoms with Gasteiger partial charge in [-0.05, 0) is 24.6 Å². The number of carbonyl (C=O) groups excluding carboxylic acids is 1. The van der Waals surface area contributed by atoms with Gasteiger partial charge in [-0.1, -0.05) is 6.07 Å². The molecule has 0 N–H and O–H groups in total. The van der Waals surface area contributed by atoms with E-state index < -0.39 is 0 Å². The van der Waals surface area contributed by atoms with Crippen LogP contribution in [0.25, 0.3) is 0 Å². The SMILES string of the molecule is Cc1ccc(C(=O)N2CCN(c3cc(N4CCOCC4)cnn3)CC2)cc1F. The van der Waals surface area contributed by atoms with Crippen LogP contribution in [0.15, 0.2) is 30.5 Å². The molecule has 2 aromatic rings. The monoisotopic (exact) mass is 385 g/mol. The summed E-state index contributed by atoms with van der Waals surface area (Å²) in [5.41, 5.74) is 1.98. The van der Waals surface area contributed by atoms with E-state index in [2.05, 4.69) is 20.0 Å². The van der Waals surface area contributed by atoms with E-state index in [-0.39, 0.29) is 11.7 Å². The number of aryl methyl sites for hydroxylation is 1. The van der Waals surface area contributed by atoms with Gasteiger partial charge in [0.05, 0.1) is 25.1 Å². The van der Waals surface area contributed by atoms with Gasteiger partial charge in [0.1, 0.15) is 5.82 Å². The molecule has 0 spiro atoms. The normalized spacial score (nSPS) is 17.7. The third kappa shape index (κ3) is 3.91. The second kappa shape index (κ2) is 8.10. The number of nitrogens with zero attached hydrogens (tertiary/aromatic N) is 5. The smallest absolute Gasteiger partial charge is 0.254 e. The Labute approximate surface area is 163 Å². The van der Waals surface area contributed by atoms with Gasteiger partial charge in [0.25, 0.3) is 5.91 Å². The van der Waals surface area contributed by atoms with Gasteiger partial charge >= 0.3 is 0 Å². The van der Waals surface area contributed by atoms with E-state index in [1.165, 1.54) is 6.07 Å². The van der Waals surface area contributed by atoms with E-state index in [4.69, 9.17) is 4.74 Å². The third-order valence-electron chi connectivity index (χ3n) is 5.31. The van der Waals surface area contributed by atoms with Gasteiger partial charge in [-0.15, -0.1) is 5.10 Å². The number of rotatable bonds is 3. The summed E-state index contributed by atoms with van der Waals surface area (Å²) in [6.45, 7) is 7.30. The van der Waals surface area contributed by atoms with Crippen LogP contribution in [-0.2, 0) is 4.74 Å². The Hall–Kier alpha value is -2.74. The molecule has 0 unspecified atom stereocenters. The Morgan fingerprint density at radius 3 is 2.50 bits per heavy atom. The van der Waals surface area contributed by atoms with Gasteiger partial charge in [0.15, 0.2) is 5.82 Å². The summed E-state index contributed by atoms with van der Waals surface area (Å²) in [5.74, 6) is 0.337. The number of anilines is 2. The van der Waals surface area contributed by atoms with E-state index in [0.29, 0.717) is 37.3 Å². The van der Waals surface area contributed by atoms with Gasteiger partial charge in [-0.2, -0.15) is 5.10 Å². The quantitative estimate of drug-likeness (QED) is 0.802. The van der Waals surface area contributed by atoms with E-state index in [1.807, 2.05) is 6.07 Å². The summed E-state index contributed by atoms with van der Waals surface area (Å²) in [6, 6.07) is 6.70. The number of carbonyl (C=O) groups is 1. The molecule has 0 aliphatic carbocycles. The van der Waals surface area contributed by atoms with Crippen LogP contribution in [0.1, 0.15) is 15.9 Å². The maximum atomic E-state index is 13.8. The van der Waals surface area contributed by atoms with Gasteiger partial charge in [0.2, 0.25) is 0 Å². The molecule has 1 amide bonds. The van der Waals surface area contributed by atoms with Crippen LogP contribution in [0.5, 0.6) is 0 Å². The van der Waals surface area contributed by atoms with E-state index in [1.54, 1.807) is 30.2 Å². The number of hydrogen-bond donors (Lipinski definition) is 0. The minimum Gasteiger partial charge on any atom is -0.378 e. The van der Waals surface area contributed by atoms with E-state index in [0.717, 1.165) is 37.8 Å². The number of halogens is 1. The molecular weight excluding hydrogens is 361 g/mol. The van der Waals surface area contributed by atoms with Crippen molar-refractivity contribution in [2.45, 2.75) is 6.92 Å². The van der Waals surface area contributed by atoms with Crippen LogP contribution >= 0.6 is 0 Å². The van der Waals surface area contributed by atoms with Crippen LogP contribution in [0.4, 0.5) is 15.9 Å². The minimum absolute atomic E-state index is 0.133. The lowest BCUT2D eigenvalue weighted by Crippen LogP contribution is -2.49. The molecule has 2 aliphatic heterocycles. The zero-order valence-electron chi connectivity index (χ0n) is 16.0. The summed E-state index contributed by atoms with van der Waals surface area (Å²) < 4.78 is 19.2. The highest BCUT2D eigenvalue weighted by molar-refractivity contribution is 5.94. The van der Waals surface area contributed by atoms with Crippen molar-refractivity contribution in [2.75, 3.05) is 62.3 Å².